The van der Waals surface area contributed by atoms with E-state index in [1.54, 1.807) is 38.1 Å². The first-order valence-electron chi connectivity index (χ1n) is 14.4. The van der Waals surface area contributed by atoms with E-state index in [0.29, 0.717) is 29.8 Å². The molecule has 1 aliphatic heterocycles. The van der Waals surface area contributed by atoms with Gasteiger partial charge in [-0.25, -0.2) is 12.8 Å². The van der Waals surface area contributed by atoms with E-state index < -0.39 is 49.7 Å². The molecule has 46 heavy (non-hydrogen) atoms. The fourth-order valence-electron chi connectivity index (χ4n) is 4.70. The Morgan fingerprint density at radius 2 is 1.48 bits per heavy atom. The molecular formula is C32H35FN4O7S2. The Labute approximate surface area is 268 Å². The number of carbonyl (C=O) groups is 2. The lowest BCUT2D eigenvalue weighted by molar-refractivity contribution is -0.140. The van der Waals surface area contributed by atoms with Gasteiger partial charge in [0.05, 0.1) is 10.5 Å². The average Bonchev–Trinajstić information content (AvgIpc) is 3.02. The molecule has 1 aliphatic rings. The lowest BCUT2D eigenvalue weighted by atomic mass is 10.1. The van der Waals surface area contributed by atoms with Crippen LogP contribution in [-0.2, 0) is 31.4 Å². The molecule has 3 N–H and O–H groups in total. The standard InChI is InChI=1S/C32H35FN4O7S2/c1-22(2)30(32(39)40)35-46(43,44)37-18-16-36(17-19-37)26-11-6-23(7-12-26)4-5-24-10-15-29(33)28(20-24)31(38)34-21-25-8-13-27(14-9-25)45(3,41)42/h6-15,20,22,30,35H,16-19,21H2,1-3H3,(H,34,38)(H,39,40)/t30-/m1/s1. The number of rotatable bonds is 10. The van der Waals surface area contributed by atoms with Gasteiger partial charge in [0, 0.05) is 55.8 Å². The van der Waals surface area contributed by atoms with Crippen LogP contribution >= 0.6 is 0 Å². The minimum atomic E-state index is -3.96. The minimum absolute atomic E-state index is 0.0790. The van der Waals surface area contributed by atoms with Gasteiger partial charge in [-0.15, -0.1) is 0 Å². The zero-order valence-electron chi connectivity index (χ0n) is 25.5. The summed E-state index contributed by atoms with van der Waals surface area (Å²) in [5, 5.41) is 12.0. The van der Waals surface area contributed by atoms with Gasteiger partial charge in [0.15, 0.2) is 9.84 Å². The predicted molar refractivity (Wildman–Crippen MR) is 172 cm³/mol. The first-order valence-corrected chi connectivity index (χ1v) is 17.7. The number of nitrogens with zero attached hydrogens (tertiary/aromatic N) is 2. The number of sulfone groups is 1. The summed E-state index contributed by atoms with van der Waals surface area (Å²) in [4.78, 5) is 26.3. The van der Waals surface area contributed by atoms with Crippen LogP contribution in [0.4, 0.5) is 10.1 Å². The van der Waals surface area contributed by atoms with E-state index in [1.807, 2.05) is 17.0 Å². The van der Waals surface area contributed by atoms with Crippen molar-refractivity contribution in [2.45, 2.75) is 31.3 Å². The summed E-state index contributed by atoms with van der Waals surface area (Å²) in [6.07, 6.45) is 1.11. The summed E-state index contributed by atoms with van der Waals surface area (Å²) >= 11 is 0. The van der Waals surface area contributed by atoms with Crippen molar-refractivity contribution in [2.24, 2.45) is 5.92 Å². The van der Waals surface area contributed by atoms with Crippen LogP contribution in [0.25, 0.3) is 0 Å². The molecule has 1 saturated heterocycles. The van der Waals surface area contributed by atoms with Crippen molar-refractivity contribution >= 4 is 37.6 Å². The number of piperazine rings is 1. The van der Waals surface area contributed by atoms with E-state index in [-0.39, 0.29) is 30.1 Å². The molecule has 4 rings (SSSR count). The third kappa shape index (κ3) is 8.91. The molecule has 1 fully saturated rings. The zero-order valence-corrected chi connectivity index (χ0v) is 27.2. The Balaban J connectivity index is 1.35. The predicted octanol–water partition coefficient (Wildman–Crippen LogP) is 2.62. The van der Waals surface area contributed by atoms with E-state index in [4.69, 9.17) is 0 Å². The summed E-state index contributed by atoms with van der Waals surface area (Å²) in [5.41, 5.74) is 2.46. The summed E-state index contributed by atoms with van der Waals surface area (Å²) in [7, 11) is -7.30. The number of halogens is 1. The second kappa shape index (κ2) is 14.4. The van der Waals surface area contributed by atoms with Gasteiger partial charge < -0.3 is 15.3 Å². The Kier molecular flexibility index (Phi) is 10.8. The molecule has 1 amide bonds. The number of carboxylic acid groups (broad SMARTS) is 1. The third-order valence-electron chi connectivity index (χ3n) is 7.39. The van der Waals surface area contributed by atoms with Crippen LogP contribution in [0, 0.1) is 23.6 Å². The highest BCUT2D eigenvalue weighted by atomic mass is 32.2. The first kappa shape index (κ1) is 34.6. The van der Waals surface area contributed by atoms with Gasteiger partial charge in [-0.1, -0.05) is 37.8 Å². The summed E-state index contributed by atoms with van der Waals surface area (Å²) in [5.74, 6) is 2.97. The maximum absolute atomic E-state index is 14.5. The highest BCUT2D eigenvalue weighted by molar-refractivity contribution is 7.90. The maximum Gasteiger partial charge on any atom is 0.322 e. The maximum atomic E-state index is 14.5. The molecule has 0 aromatic heterocycles. The summed E-state index contributed by atoms with van der Waals surface area (Å²) < 4.78 is 66.8. The quantitative estimate of drug-likeness (QED) is 0.279. The number of nitrogens with one attached hydrogen (secondary N) is 2. The van der Waals surface area contributed by atoms with E-state index in [1.165, 1.54) is 34.6 Å². The largest absolute Gasteiger partial charge is 0.480 e. The molecule has 3 aromatic rings. The van der Waals surface area contributed by atoms with Crippen LogP contribution in [0.1, 0.15) is 40.9 Å². The molecule has 11 nitrogen and oxygen atoms in total. The van der Waals surface area contributed by atoms with Crippen molar-refractivity contribution in [1.82, 2.24) is 14.3 Å². The zero-order chi connectivity index (χ0) is 33.6. The van der Waals surface area contributed by atoms with Crippen molar-refractivity contribution < 1.29 is 35.9 Å². The molecule has 1 atom stereocenters. The molecule has 0 aliphatic carbocycles. The highest BCUT2D eigenvalue weighted by Crippen LogP contribution is 2.19. The number of hydrogen-bond donors (Lipinski definition) is 3. The van der Waals surface area contributed by atoms with Crippen LogP contribution < -0.4 is 14.9 Å². The first-order chi connectivity index (χ1) is 21.6. The van der Waals surface area contributed by atoms with Crippen molar-refractivity contribution in [3.63, 3.8) is 0 Å². The smallest absolute Gasteiger partial charge is 0.322 e. The van der Waals surface area contributed by atoms with Gasteiger partial charge in [0.1, 0.15) is 11.9 Å². The number of aliphatic carboxylic acids is 1. The van der Waals surface area contributed by atoms with Crippen LogP contribution in [0.5, 0.6) is 0 Å². The van der Waals surface area contributed by atoms with Crippen molar-refractivity contribution in [2.75, 3.05) is 37.3 Å². The van der Waals surface area contributed by atoms with Crippen LogP contribution in [0.15, 0.2) is 71.6 Å². The van der Waals surface area contributed by atoms with Crippen LogP contribution in [0.2, 0.25) is 0 Å². The molecule has 14 heteroatoms. The van der Waals surface area contributed by atoms with Gasteiger partial charge in [-0.2, -0.15) is 17.4 Å². The van der Waals surface area contributed by atoms with Gasteiger partial charge in [0.25, 0.3) is 16.1 Å². The number of benzene rings is 3. The fourth-order valence-corrected chi connectivity index (χ4v) is 6.82. The third-order valence-corrected chi connectivity index (χ3v) is 10.1. The van der Waals surface area contributed by atoms with Crippen molar-refractivity contribution in [1.29, 1.82) is 0 Å². The van der Waals surface area contributed by atoms with E-state index in [2.05, 4.69) is 21.9 Å². The Bertz CT molecular complexity index is 1860. The Hall–Kier alpha value is -4.29. The normalized spacial score (nSPS) is 14.8. The second-order valence-electron chi connectivity index (χ2n) is 11.2. The molecule has 0 radical (unpaired) electrons. The molecule has 0 spiro atoms. The SMILES string of the molecule is CC(C)[C@@H](NS(=O)(=O)N1CCN(c2ccc(C#Cc3ccc(F)c(C(=O)NCc4ccc(S(C)(=O)=O)cc4)c3)cc2)CC1)C(=O)O. The lowest BCUT2D eigenvalue weighted by Crippen LogP contribution is -2.55. The molecular weight excluding hydrogens is 636 g/mol. The Morgan fingerprint density at radius 3 is 2.04 bits per heavy atom. The second-order valence-corrected chi connectivity index (χ2v) is 14.9. The average molecular weight is 671 g/mol. The molecule has 244 valence electrons. The highest BCUT2D eigenvalue weighted by Gasteiger charge is 2.33. The minimum Gasteiger partial charge on any atom is -0.480 e. The number of anilines is 1. The molecule has 3 aromatic carbocycles. The molecule has 0 saturated carbocycles. The molecule has 0 bridgehead atoms. The van der Waals surface area contributed by atoms with Crippen LogP contribution in [0.3, 0.4) is 0 Å². The van der Waals surface area contributed by atoms with Gasteiger partial charge in [-0.3, -0.25) is 9.59 Å². The summed E-state index contributed by atoms with van der Waals surface area (Å²) in [6, 6.07) is 16.2. The van der Waals surface area contributed by atoms with Gasteiger partial charge in [-0.05, 0) is 66.1 Å². The van der Waals surface area contributed by atoms with E-state index >= 15 is 0 Å². The van der Waals surface area contributed by atoms with Gasteiger partial charge >= 0.3 is 5.97 Å². The monoisotopic (exact) mass is 670 g/mol. The van der Waals surface area contributed by atoms with E-state index in [9.17, 15) is 35.9 Å². The Morgan fingerprint density at radius 1 is 0.891 bits per heavy atom. The van der Waals surface area contributed by atoms with E-state index in [0.717, 1.165) is 11.9 Å². The number of hydrogen-bond acceptors (Lipinski definition) is 7. The number of carbonyl (C=O) groups excluding carboxylic acids is 1. The van der Waals surface area contributed by atoms with Gasteiger partial charge in [0.2, 0.25) is 0 Å². The summed E-state index contributed by atoms with van der Waals surface area (Å²) in [6.45, 7) is 4.57. The van der Waals surface area contributed by atoms with Crippen LogP contribution in [-0.4, -0.2) is 76.6 Å². The number of amides is 1. The molecule has 1 heterocycles. The number of carboxylic acids is 1. The topological polar surface area (TPSA) is 153 Å². The lowest BCUT2D eigenvalue weighted by Gasteiger charge is -2.36. The van der Waals surface area contributed by atoms with Crippen molar-refractivity contribution in [3.8, 4) is 11.8 Å². The molecule has 0 unspecified atom stereocenters. The van der Waals surface area contributed by atoms with Crippen molar-refractivity contribution in [3.05, 3.63) is 94.8 Å². The fraction of sp³-hybridized carbons (Fsp3) is 0.312.